The first kappa shape index (κ1) is 15.4. The molecular weight excluding hydrogens is 390 g/mol. The van der Waals surface area contributed by atoms with E-state index in [4.69, 9.17) is 11.3 Å². The molecule has 0 radical (unpaired) electrons. The van der Waals surface area contributed by atoms with Crippen LogP contribution in [0.5, 0.6) is 0 Å². The Morgan fingerprint density at radius 1 is 0.875 bits per heavy atom. The Morgan fingerprint density at radius 2 is 1.69 bits per heavy atom. The van der Waals surface area contributed by atoms with Crippen LogP contribution in [0.3, 0.4) is 0 Å². The Morgan fingerprint density at radius 3 is 2.47 bits per heavy atom. The fraction of sp³-hybridized carbons (Fsp3) is 0.233. The minimum absolute atomic E-state index is 0.155. The normalized spacial score (nSPS) is 15.2. The molecule has 0 aliphatic carbocycles. The van der Waals surface area contributed by atoms with Crippen LogP contribution < -0.4 is 0 Å². The predicted molar refractivity (Wildman–Crippen MR) is 135 cm³/mol. The molecule has 0 saturated heterocycles. The number of rotatable bonds is 3. The summed E-state index contributed by atoms with van der Waals surface area (Å²) in [5.41, 5.74) is 5.10. The van der Waals surface area contributed by atoms with Gasteiger partial charge in [0.2, 0.25) is 0 Å². The van der Waals surface area contributed by atoms with Gasteiger partial charge in [0.1, 0.15) is 11.2 Å². The number of fused-ring (bicyclic) bond motifs is 3. The van der Waals surface area contributed by atoms with Crippen LogP contribution in [0.15, 0.2) is 77.3 Å². The zero-order valence-corrected chi connectivity index (χ0v) is 18.8. The third kappa shape index (κ3) is 3.71. The lowest BCUT2D eigenvalue weighted by Crippen LogP contribution is -2.09. The molecule has 0 atom stereocenters. The Hall–Kier alpha value is -3.39. The van der Waals surface area contributed by atoms with Gasteiger partial charge in [0, 0.05) is 29.4 Å². The summed E-state index contributed by atoms with van der Waals surface area (Å²) in [6.07, 6.45) is -0.121. The molecule has 0 aliphatic rings. The van der Waals surface area contributed by atoms with Gasteiger partial charge in [0.25, 0.3) is 0 Å². The second-order valence-electron chi connectivity index (χ2n) is 9.30. The number of furan rings is 1. The molecule has 0 fully saturated rings. The topological polar surface area (TPSA) is 26.0 Å². The van der Waals surface area contributed by atoms with Crippen molar-refractivity contribution in [3.8, 4) is 22.4 Å². The minimum Gasteiger partial charge on any atom is -0.455 e. The van der Waals surface area contributed by atoms with Crippen molar-refractivity contribution < 1.29 is 11.3 Å². The Balaban J connectivity index is 1.71. The quantitative estimate of drug-likeness (QED) is 0.290. The molecule has 2 aromatic heterocycles. The number of aromatic nitrogens is 1. The molecule has 0 bridgehead atoms. The Kier molecular flexibility index (Phi) is 3.68. The first-order valence-corrected chi connectivity index (χ1v) is 10.8. The Labute approximate surface area is 197 Å². The van der Waals surface area contributed by atoms with Crippen molar-refractivity contribution in [1.29, 1.82) is 0 Å². The van der Waals surface area contributed by atoms with Crippen LogP contribution in [0.25, 0.3) is 44.3 Å². The monoisotopic (exact) mass is 424 g/mol. The molecule has 2 heterocycles. The maximum absolute atomic E-state index is 8.66. The standard InChI is InChI=1S/C30H29NO/c1-19-15-21(17-30(3,4)5)13-14-22(19)26-16-27(31-18-20(26)2)25-11-8-10-24-23-9-6-7-12-28(23)32-29(24)25/h6-16,18H,17H2,1-5H3/i2D3,17D2. The molecule has 5 rings (SSSR count). The van der Waals surface area contributed by atoms with Crippen molar-refractivity contribution in [2.75, 3.05) is 0 Å². The van der Waals surface area contributed by atoms with Gasteiger partial charge in [-0.05, 0) is 71.6 Å². The van der Waals surface area contributed by atoms with E-state index in [9.17, 15) is 0 Å². The van der Waals surface area contributed by atoms with Crippen LogP contribution in [0.4, 0.5) is 0 Å². The van der Waals surface area contributed by atoms with E-state index in [1.165, 1.54) is 6.20 Å². The van der Waals surface area contributed by atoms with Gasteiger partial charge in [-0.15, -0.1) is 0 Å². The summed E-state index contributed by atoms with van der Waals surface area (Å²) in [5, 5.41) is 1.99. The lowest BCUT2D eigenvalue weighted by Gasteiger charge is -2.19. The average Bonchev–Trinajstić information content (AvgIpc) is 3.21. The first-order valence-electron chi connectivity index (χ1n) is 13.3. The van der Waals surface area contributed by atoms with Crippen molar-refractivity contribution in [2.24, 2.45) is 5.41 Å². The summed E-state index contributed by atoms with van der Waals surface area (Å²) in [6, 6.07) is 21.0. The Bertz CT molecular complexity index is 1640. The zero-order valence-electron chi connectivity index (χ0n) is 23.8. The van der Waals surface area contributed by atoms with Crippen LogP contribution in [-0.4, -0.2) is 4.98 Å². The number of hydrogen-bond donors (Lipinski definition) is 0. The van der Waals surface area contributed by atoms with Crippen molar-refractivity contribution in [2.45, 2.75) is 40.9 Å². The van der Waals surface area contributed by atoms with Gasteiger partial charge in [-0.1, -0.05) is 69.3 Å². The van der Waals surface area contributed by atoms with Crippen LogP contribution >= 0.6 is 0 Å². The summed E-state index contributed by atoms with van der Waals surface area (Å²) < 4.78 is 48.0. The number of benzene rings is 3. The molecule has 5 aromatic rings. The molecule has 0 spiro atoms. The highest BCUT2D eigenvalue weighted by molar-refractivity contribution is 6.09. The summed E-state index contributed by atoms with van der Waals surface area (Å²) in [7, 11) is 0. The van der Waals surface area contributed by atoms with E-state index in [0.29, 0.717) is 22.4 Å². The summed E-state index contributed by atoms with van der Waals surface area (Å²) in [6.45, 7) is 5.14. The van der Waals surface area contributed by atoms with Gasteiger partial charge in [-0.25, -0.2) is 0 Å². The van der Waals surface area contributed by atoms with Gasteiger partial charge in [0.05, 0.1) is 5.69 Å². The highest BCUT2D eigenvalue weighted by Gasteiger charge is 2.16. The van der Waals surface area contributed by atoms with Gasteiger partial charge in [-0.3, -0.25) is 4.98 Å². The lowest BCUT2D eigenvalue weighted by atomic mass is 9.86. The van der Waals surface area contributed by atoms with Gasteiger partial charge in [0.15, 0.2) is 0 Å². The molecule has 32 heavy (non-hydrogen) atoms. The average molecular weight is 425 g/mol. The minimum atomic E-state index is -2.36. The SMILES string of the molecule is [2H]C([2H])([2H])c1cnc(-c2cccc3c2oc2ccccc23)cc1-c1ccc(C([2H])([2H])C(C)(C)C)cc1C. The number of para-hydroxylation sites is 2. The van der Waals surface area contributed by atoms with E-state index < -0.39 is 18.6 Å². The number of pyridine rings is 1. The third-order valence-electron chi connectivity index (χ3n) is 5.62. The molecule has 0 unspecified atom stereocenters. The van der Waals surface area contributed by atoms with Crippen molar-refractivity contribution in [1.82, 2.24) is 4.98 Å². The molecule has 160 valence electrons. The van der Waals surface area contributed by atoms with Crippen LogP contribution in [0.2, 0.25) is 0 Å². The lowest BCUT2D eigenvalue weighted by molar-refractivity contribution is 0.411. The van der Waals surface area contributed by atoms with Gasteiger partial charge >= 0.3 is 0 Å². The molecular formula is C30H29NO. The van der Waals surface area contributed by atoms with Gasteiger partial charge < -0.3 is 4.42 Å². The molecule has 0 N–H and O–H groups in total. The highest BCUT2D eigenvalue weighted by atomic mass is 16.3. The van der Waals surface area contributed by atoms with E-state index >= 15 is 0 Å². The van der Waals surface area contributed by atoms with Crippen molar-refractivity contribution in [3.05, 3.63) is 89.6 Å². The maximum Gasteiger partial charge on any atom is 0.144 e. The number of hydrogen-bond acceptors (Lipinski definition) is 2. The zero-order chi connectivity index (χ0) is 26.8. The number of aryl methyl sites for hydroxylation is 2. The molecule has 2 nitrogen and oxygen atoms in total. The maximum atomic E-state index is 8.66. The van der Waals surface area contributed by atoms with Crippen LogP contribution in [0.1, 0.15) is 44.3 Å². The summed E-state index contributed by atoms with van der Waals surface area (Å²) in [5.74, 6) is 0. The molecule has 2 heteroatoms. The fourth-order valence-electron chi connectivity index (χ4n) is 4.25. The molecule has 0 saturated carbocycles. The predicted octanol–water partition coefficient (Wildman–Crippen LogP) is 8.52. The fourth-order valence-corrected chi connectivity index (χ4v) is 4.25. The summed E-state index contributed by atoms with van der Waals surface area (Å²) >= 11 is 0. The first-order chi connectivity index (χ1) is 17.3. The molecule has 0 amide bonds. The smallest absolute Gasteiger partial charge is 0.144 e. The highest BCUT2D eigenvalue weighted by Crippen LogP contribution is 2.37. The van der Waals surface area contributed by atoms with Crippen molar-refractivity contribution in [3.63, 3.8) is 0 Å². The van der Waals surface area contributed by atoms with E-state index in [1.54, 1.807) is 6.07 Å². The summed E-state index contributed by atoms with van der Waals surface area (Å²) in [4.78, 5) is 4.56. The second kappa shape index (κ2) is 7.63. The van der Waals surface area contributed by atoms with Gasteiger partial charge in [-0.2, -0.15) is 0 Å². The van der Waals surface area contributed by atoms with E-state index in [2.05, 4.69) is 4.98 Å². The van der Waals surface area contributed by atoms with E-state index in [0.717, 1.165) is 33.0 Å². The van der Waals surface area contributed by atoms with Crippen LogP contribution in [0, 0.1) is 19.2 Å². The van der Waals surface area contributed by atoms with E-state index in [1.807, 2.05) is 88.4 Å². The van der Waals surface area contributed by atoms with Crippen LogP contribution in [-0.2, 0) is 6.37 Å². The number of nitrogens with zero attached hydrogens (tertiary/aromatic N) is 1. The molecule has 3 aromatic carbocycles. The third-order valence-corrected chi connectivity index (χ3v) is 5.62. The van der Waals surface area contributed by atoms with E-state index in [-0.39, 0.29) is 5.56 Å². The van der Waals surface area contributed by atoms with Crippen molar-refractivity contribution >= 4 is 21.9 Å². The second-order valence-corrected chi connectivity index (χ2v) is 9.30. The largest absolute Gasteiger partial charge is 0.455 e. The molecule has 0 aliphatic heterocycles.